The number of likely N-dealkylation sites (N-methyl/N-ethyl adjacent to an activating group) is 1. The molecule has 1 aliphatic rings. The van der Waals surface area contributed by atoms with Crippen LogP contribution in [0.5, 0.6) is 0 Å². The maximum absolute atomic E-state index is 13.0. The molecule has 1 aliphatic heterocycles. The fourth-order valence-corrected chi connectivity index (χ4v) is 3.40. The average molecular weight is 377 g/mol. The van der Waals surface area contributed by atoms with E-state index in [4.69, 9.17) is 0 Å². The number of carbonyl (C=O) groups excluding carboxylic acids is 2. The Kier molecular flexibility index (Phi) is 5.93. The number of amides is 2. The third-order valence-corrected chi connectivity index (χ3v) is 5.29. The third kappa shape index (κ3) is 4.14. The first kappa shape index (κ1) is 19.8. The van der Waals surface area contributed by atoms with Gasteiger partial charge in [-0.05, 0) is 42.2 Å². The lowest BCUT2D eigenvalue weighted by atomic mass is 9.96. The third-order valence-electron chi connectivity index (χ3n) is 5.29. The van der Waals surface area contributed by atoms with Crippen molar-refractivity contribution in [1.29, 1.82) is 0 Å². The van der Waals surface area contributed by atoms with E-state index in [-0.39, 0.29) is 24.4 Å². The molecule has 0 radical (unpaired) electrons. The smallest absolute Gasteiger partial charge is 0.262 e. The highest BCUT2D eigenvalue weighted by Crippen LogP contribution is 2.33. The van der Waals surface area contributed by atoms with Crippen LogP contribution in [-0.2, 0) is 9.59 Å². The Morgan fingerprint density at radius 2 is 1.82 bits per heavy atom. The molecule has 0 bridgehead atoms. The number of hydrogen-bond acceptors (Lipinski definition) is 3. The largest absolute Gasteiger partial charge is 0.336 e. The van der Waals surface area contributed by atoms with E-state index in [1.165, 1.54) is 16.0 Å². The number of benzene rings is 2. The van der Waals surface area contributed by atoms with Gasteiger partial charge in [0.1, 0.15) is 6.54 Å². The molecule has 1 heterocycles. The molecule has 3 rings (SSSR count). The summed E-state index contributed by atoms with van der Waals surface area (Å²) >= 11 is 0. The van der Waals surface area contributed by atoms with Crippen LogP contribution >= 0.6 is 0 Å². The standard InChI is InChI=1S/C23H27N3O2/c1-5-22(27)25(4)15-23(28)26-21(18-9-7-6-8-10-18)14-20(24-26)19-12-11-16(2)17(3)13-19/h6-13,21H,5,14-15H2,1-4H3/t21-/m1/s1. The van der Waals surface area contributed by atoms with Crippen LogP contribution in [0.1, 0.15) is 48.1 Å². The van der Waals surface area contributed by atoms with Gasteiger partial charge in [-0.15, -0.1) is 0 Å². The summed E-state index contributed by atoms with van der Waals surface area (Å²) < 4.78 is 0. The zero-order chi connectivity index (χ0) is 20.3. The van der Waals surface area contributed by atoms with Gasteiger partial charge in [-0.25, -0.2) is 5.01 Å². The first-order valence-electron chi connectivity index (χ1n) is 9.66. The van der Waals surface area contributed by atoms with Crippen molar-refractivity contribution in [3.8, 4) is 0 Å². The first-order valence-corrected chi connectivity index (χ1v) is 9.66. The van der Waals surface area contributed by atoms with E-state index in [9.17, 15) is 9.59 Å². The number of aryl methyl sites for hydroxylation is 2. The maximum Gasteiger partial charge on any atom is 0.262 e. The number of rotatable bonds is 5. The van der Waals surface area contributed by atoms with E-state index in [1.807, 2.05) is 30.3 Å². The van der Waals surface area contributed by atoms with Crippen molar-refractivity contribution in [3.05, 3.63) is 70.8 Å². The van der Waals surface area contributed by atoms with Crippen molar-refractivity contribution in [2.24, 2.45) is 5.10 Å². The van der Waals surface area contributed by atoms with Crippen LogP contribution in [0, 0.1) is 13.8 Å². The van der Waals surface area contributed by atoms with Gasteiger partial charge in [-0.2, -0.15) is 5.10 Å². The molecule has 0 N–H and O–H groups in total. The number of hydrazone groups is 1. The fourth-order valence-electron chi connectivity index (χ4n) is 3.40. The molecular formula is C23H27N3O2. The second-order valence-electron chi connectivity index (χ2n) is 7.32. The van der Waals surface area contributed by atoms with Gasteiger partial charge in [0, 0.05) is 19.9 Å². The molecule has 0 saturated carbocycles. The van der Waals surface area contributed by atoms with Crippen LogP contribution in [-0.4, -0.2) is 41.0 Å². The minimum Gasteiger partial charge on any atom is -0.336 e. The van der Waals surface area contributed by atoms with Crippen LogP contribution in [0.3, 0.4) is 0 Å². The van der Waals surface area contributed by atoms with E-state index in [0.29, 0.717) is 12.8 Å². The second-order valence-corrected chi connectivity index (χ2v) is 7.32. The monoisotopic (exact) mass is 377 g/mol. The average Bonchev–Trinajstić information content (AvgIpc) is 3.15. The van der Waals surface area contributed by atoms with Crippen molar-refractivity contribution in [2.45, 2.75) is 39.7 Å². The molecule has 0 spiro atoms. The highest BCUT2D eigenvalue weighted by atomic mass is 16.2. The number of nitrogens with zero attached hydrogens (tertiary/aromatic N) is 3. The molecular weight excluding hydrogens is 350 g/mol. The number of carbonyl (C=O) groups is 2. The van der Waals surface area contributed by atoms with Crippen molar-refractivity contribution >= 4 is 17.5 Å². The Hall–Kier alpha value is -2.95. The normalized spacial score (nSPS) is 16.1. The molecule has 1 atom stereocenters. The Morgan fingerprint density at radius 3 is 2.46 bits per heavy atom. The molecule has 0 aliphatic carbocycles. The zero-order valence-corrected chi connectivity index (χ0v) is 17.0. The summed E-state index contributed by atoms with van der Waals surface area (Å²) in [5, 5.41) is 6.24. The summed E-state index contributed by atoms with van der Waals surface area (Å²) in [6.07, 6.45) is 1.03. The van der Waals surface area contributed by atoms with Gasteiger partial charge in [-0.1, -0.05) is 49.4 Å². The van der Waals surface area contributed by atoms with Crippen molar-refractivity contribution in [2.75, 3.05) is 13.6 Å². The molecule has 0 fully saturated rings. The van der Waals surface area contributed by atoms with Crippen LogP contribution in [0.15, 0.2) is 53.6 Å². The number of hydrogen-bond donors (Lipinski definition) is 0. The lowest BCUT2D eigenvalue weighted by Crippen LogP contribution is -2.38. The van der Waals surface area contributed by atoms with Gasteiger partial charge in [0.05, 0.1) is 11.8 Å². The summed E-state index contributed by atoms with van der Waals surface area (Å²) in [6, 6.07) is 16.1. The summed E-state index contributed by atoms with van der Waals surface area (Å²) in [7, 11) is 1.66. The zero-order valence-electron chi connectivity index (χ0n) is 17.0. The maximum atomic E-state index is 13.0. The van der Waals surface area contributed by atoms with Gasteiger partial charge in [0.15, 0.2) is 0 Å². The van der Waals surface area contributed by atoms with E-state index in [1.54, 1.807) is 19.0 Å². The summed E-state index contributed by atoms with van der Waals surface area (Å²) in [4.78, 5) is 26.3. The summed E-state index contributed by atoms with van der Waals surface area (Å²) in [5.74, 6) is -0.223. The summed E-state index contributed by atoms with van der Waals surface area (Å²) in [5.41, 5.74) is 5.42. The molecule has 2 aromatic carbocycles. The highest BCUT2D eigenvalue weighted by Gasteiger charge is 2.33. The molecule has 146 valence electrons. The van der Waals surface area contributed by atoms with Crippen molar-refractivity contribution in [1.82, 2.24) is 9.91 Å². The molecule has 5 nitrogen and oxygen atoms in total. The van der Waals surface area contributed by atoms with Crippen LogP contribution in [0.2, 0.25) is 0 Å². The van der Waals surface area contributed by atoms with Gasteiger partial charge in [0.25, 0.3) is 5.91 Å². The topological polar surface area (TPSA) is 53.0 Å². The quantitative estimate of drug-likeness (QED) is 0.795. The minimum atomic E-state index is -0.169. The van der Waals surface area contributed by atoms with Crippen LogP contribution in [0.4, 0.5) is 0 Å². The van der Waals surface area contributed by atoms with Crippen molar-refractivity contribution in [3.63, 3.8) is 0 Å². The lowest BCUT2D eigenvalue weighted by molar-refractivity contribution is -0.140. The van der Waals surface area contributed by atoms with E-state index >= 15 is 0 Å². The lowest BCUT2D eigenvalue weighted by Gasteiger charge is -2.24. The highest BCUT2D eigenvalue weighted by molar-refractivity contribution is 6.03. The molecule has 28 heavy (non-hydrogen) atoms. The Bertz CT molecular complexity index is 905. The van der Waals surface area contributed by atoms with Crippen molar-refractivity contribution < 1.29 is 9.59 Å². The fraction of sp³-hybridized carbons (Fsp3) is 0.348. The van der Waals surface area contributed by atoms with E-state index in [2.05, 4.69) is 37.1 Å². The van der Waals surface area contributed by atoms with Gasteiger partial charge in [-0.3, -0.25) is 9.59 Å². The SMILES string of the molecule is CCC(=O)N(C)CC(=O)N1N=C(c2ccc(C)c(C)c2)C[C@@H]1c1ccccc1. The minimum absolute atomic E-state index is 0.0275. The van der Waals surface area contributed by atoms with Crippen LogP contribution < -0.4 is 0 Å². The van der Waals surface area contributed by atoms with E-state index < -0.39 is 0 Å². The van der Waals surface area contributed by atoms with Gasteiger partial charge >= 0.3 is 0 Å². The van der Waals surface area contributed by atoms with E-state index in [0.717, 1.165) is 16.8 Å². The predicted octanol–water partition coefficient (Wildman–Crippen LogP) is 3.85. The molecule has 2 amide bonds. The Balaban J connectivity index is 1.91. The molecule has 0 saturated heterocycles. The summed E-state index contributed by atoms with van der Waals surface area (Å²) in [6.45, 7) is 5.98. The Morgan fingerprint density at radius 1 is 1.11 bits per heavy atom. The first-order chi connectivity index (χ1) is 13.4. The second kappa shape index (κ2) is 8.38. The molecule has 0 aromatic heterocycles. The molecule has 5 heteroatoms. The van der Waals surface area contributed by atoms with Gasteiger partial charge in [0.2, 0.25) is 5.91 Å². The molecule has 0 unspecified atom stereocenters. The van der Waals surface area contributed by atoms with Gasteiger partial charge < -0.3 is 4.90 Å². The molecule has 2 aromatic rings. The Labute approximate surface area is 166 Å². The predicted molar refractivity (Wildman–Crippen MR) is 111 cm³/mol. The van der Waals surface area contributed by atoms with Crippen LogP contribution in [0.25, 0.3) is 0 Å².